The highest BCUT2D eigenvalue weighted by Crippen LogP contribution is 2.24. The molecule has 0 fully saturated rings. The Morgan fingerprint density at radius 1 is 1.32 bits per heavy atom. The van der Waals surface area contributed by atoms with E-state index in [4.69, 9.17) is 0 Å². The number of aryl methyl sites for hydroxylation is 1. The third-order valence-corrected chi connectivity index (χ3v) is 5.25. The number of benzene rings is 1. The summed E-state index contributed by atoms with van der Waals surface area (Å²) < 4.78 is 14.1. The number of hydrogen-bond acceptors (Lipinski definition) is 2. The van der Waals surface area contributed by atoms with Crippen LogP contribution in [0.25, 0.3) is 0 Å². The van der Waals surface area contributed by atoms with E-state index in [9.17, 15) is 4.39 Å². The molecule has 1 nitrogen and oxygen atoms in total. The van der Waals surface area contributed by atoms with E-state index in [1.807, 2.05) is 11.3 Å². The van der Waals surface area contributed by atoms with Crippen molar-refractivity contribution < 1.29 is 4.39 Å². The van der Waals surface area contributed by atoms with Gasteiger partial charge in [0.1, 0.15) is 5.82 Å². The standard InChI is InChI=1S/C15H17BrFNS/c1-3-13-5-7-15(19-13)10(2)18-9-11-8-12(17)4-6-14(11)16/h4-8,10,18H,3,9H2,1-2H3. The molecule has 4 heteroatoms. The molecule has 0 radical (unpaired) electrons. The van der Waals surface area contributed by atoms with Crippen molar-refractivity contribution in [1.82, 2.24) is 5.32 Å². The predicted molar refractivity (Wildman–Crippen MR) is 83.1 cm³/mol. The van der Waals surface area contributed by atoms with Crippen molar-refractivity contribution in [2.45, 2.75) is 32.9 Å². The maximum Gasteiger partial charge on any atom is 0.123 e. The summed E-state index contributed by atoms with van der Waals surface area (Å²) in [7, 11) is 0. The molecule has 102 valence electrons. The molecule has 19 heavy (non-hydrogen) atoms. The highest BCUT2D eigenvalue weighted by atomic mass is 79.9. The summed E-state index contributed by atoms with van der Waals surface area (Å²) in [4.78, 5) is 2.72. The quantitative estimate of drug-likeness (QED) is 0.801. The van der Waals surface area contributed by atoms with Gasteiger partial charge in [-0.25, -0.2) is 4.39 Å². The van der Waals surface area contributed by atoms with E-state index in [2.05, 4.69) is 47.2 Å². The number of thiophene rings is 1. The summed E-state index contributed by atoms with van der Waals surface area (Å²) in [5, 5.41) is 3.43. The summed E-state index contributed by atoms with van der Waals surface area (Å²) in [6.45, 7) is 4.95. The van der Waals surface area contributed by atoms with Crippen LogP contribution in [0.4, 0.5) is 4.39 Å². The van der Waals surface area contributed by atoms with Gasteiger partial charge in [0.2, 0.25) is 0 Å². The first kappa shape index (κ1) is 14.7. The van der Waals surface area contributed by atoms with Crippen LogP contribution in [0.5, 0.6) is 0 Å². The van der Waals surface area contributed by atoms with Gasteiger partial charge in [-0.2, -0.15) is 0 Å². The lowest BCUT2D eigenvalue weighted by Crippen LogP contribution is -2.17. The first-order valence-corrected chi connectivity index (χ1v) is 7.97. The van der Waals surface area contributed by atoms with Crippen LogP contribution in [0.1, 0.15) is 35.2 Å². The van der Waals surface area contributed by atoms with E-state index in [1.54, 1.807) is 12.1 Å². The molecular weight excluding hydrogens is 325 g/mol. The van der Waals surface area contributed by atoms with Gasteiger partial charge < -0.3 is 5.32 Å². The summed E-state index contributed by atoms with van der Waals surface area (Å²) in [5.41, 5.74) is 0.944. The van der Waals surface area contributed by atoms with Gasteiger partial charge in [-0.15, -0.1) is 11.3 Å². The number of rotatable bonds is 5. The maximum absolute atomic E-state index is 13.2. The summed E-state index contributed by atoms with van der Waals surface area (Å²) in [6.07, 6.45) is 1.08. The highest BCUT2D eigenvalue weighted by Gasteiger charge is 2.09. The number of hydrogen-bond donors (Lipinski definition) is 1. The minimum atomic E-state index is -0.197. The van der Waals surface area contributed by atoms with Crippen LogP contribution >= 0.6 is 27.3 Å². The molecular formula is C15H17BrFNS. The summed E-state index contributed by atoms with van der Waals surface area (Å²) in [6, 6.07) is 9.40. The van der Waals surface area contributed by atoms with Crippen molar-refractivity contribution in [3.8, 4) is 0 Å². The molecule has 1 heterocycles. The van der Waals surface area contributed by atoms with Gasteiger partial charge in [0.15, 0.2) is 0 Å². The van der Waals surface area contributed by atoms with E-state index in [0.717, 1.165) is 16.5 Å². The smallest absolute Gasteiger partial charge is 0.123 e. The van der Waals surface area contributed by atoms with Crippen LogP contribution in [0, 0.1) is 5.82 Å². The molecule has 1 aromatic heterocycles. The molecule has 0 saturated carbocycles. The molecule has 0 amide bonds. The first-order chi connectivity index (χ1) is 9.10. The van der Waals surface area contributed by atoms with Gasteiger partial charge in [-0.05, 0) is 49.2 Å². The lowest BCUT2D eigenvalue weighted by Gasteiger charge is -2.13. The van der Waals surface area contributed by atoms with Crippen LogP contribution < -0.4 is 5.32 Å². The highest BCUT2D eigenvalue weighted by molar-refractivity contribution is 9.10. The van der Waals surface area contributed by atoms with E-state index < -0.39 is 0 Å². The second-order valence-corrected chi connectivity index (χ2v) is 6.55. The Bertz CT molecular complexity index is 553. The predicted octanol–water partition coefficient (Wildman–Crippen LogP) is 5.06. The Hall–Kier alpha value is -0.710. The SMILES string of the molecule is CCc1ccc(C(C)NCc2cc(F)ccc2Br)s1. The van der Waals surface area contributed by atoms with Crippen molar-refractivity contribution in [2.75, 3.05) is 0 Å². The van der Waals surface area contributed by atoms with Crippen LogP contribution in [0.3, 0.4) is 0 Å². The molecule has 0 aliphatic rings. The molecule has 0 saturated heterocycles. The van der Waals surface area contributed by atoms with Crippen LogP contribution in [-0.4, -0.2) is 0 Å². The lowest BCUT2D eigenvalue weighted by molar-refractivity contribution is 0.575. The van der Waals surface area contributed by atoms with Crippen LogP contribution in [0.15, 0.2) is 34.8 Å². The van der Waals surface area contributed by atoms with Crippen molar-refractivity contribution in [3.63, 3.8) is 0 Å². The fourth-order valence-electron chi connectivity index (χ4n) is 1.86. The Morgan fingerprint density at radius 2 is 2.11 bits per heavy atom. The molecule has 1 aromatic carbocycles. The number of nitrogens with one attached hydrogen (secondary N) is 1. The number of halogens is 2. The summed E-state index contributed by atoms with van der Waals surface area (Å²) in [5.74, 6) is -0.197. The second-order valence-electron chi connectivity index (χ2n) is 4.50. The van der Waals surface area contributed by atoms with Gasteiger partial charge in [0, 0.05) is 26.8 Å². The van der Waals surface area contributed by atoms with Crippen molar-refractivity contribution in [3.05, 3.63) is 55.9 Å². The Balaban J connectivity index is 1.99. The zero-order valence-electron chi connectivity index (χ0n) is 11.0. The molecule has 1 atom stereocenters. The average Bonchev–Trinajstić information content (AvgIpc) is 2.88. The minimum absolute atomic E-state index is 0.197. The fourth-order valence-corrected chi connectivity index (χ4v) is 3.23. The van der Waals surface area contributed by atoms with Gasteiger partial charge >= 0.3 is 0 Å². The largest absolute Gasteiger partial charge is 0.305 e. The van der Waals surface area contributed by atoms with Crippen LogP contribution in [-0.2, 0) is 13.0 Å². The summed E-state index contributed by atoms with van der Waals surface area (Å²) >= 11 is 5.28. The minimum Gasteiger partial charge on any atom is -0.305 e. The third-order valence-electron chi connectivity index (χ3n) is 3.06. The Labute approximate surface area is 126 Å². The van der Waals surface area contributed by atoms with Crippen molar-refractivity contribution in [2.24, 2.45) is 0 Å². The molecule has 0 spiro atoms. The van der Waals surface area contributed by atoms with Crippen LogP contribution in [0.2, 0.25) is 0 Å². The molecule has 0 aliphatic carbocycles. The Morgan fingerprint density at radius 3 is 2.79 bits per heavy atom. The zero-order chi connectivity index (χ0) is 13.8. The van der Waals surface area contributed by atoms with Crippen molar-refractivity contribution >= 4 is 27.3 Å². The zero-order valence-corrected chi connectivity index (χ0v) is 13.4. The van der Waals surface area contributed by atoms with Gasteiger partial charge in [-0.1, -0.05) is 22.9 Å². The van der Waals surface area contributed by atoms with Gasteiger partial charge in [-0.3, -0.25) is 0 Å². The monoisotopic (exact) mass is 341 g/mol. The van der Waals surface area contributed by atoms with Gasteiger partial charge in [0.05, 0.1) is 0 Å². The normalized spacial score (nSPS) is 12.6. The molecule has 2 rings (SSSR count). The molecule has 0 aliphatic heterocycles. The van der Waals surface area contributed by atoms with E-state index in [1.165, 1.54) is 15.8 Å². The van der Waals surface area contributed by atoms with E-state index >= 15 is 0 Å². The third kappa shape index (κ3) is 3.88. The second kappa shape index (κ2) is 6.64. The van der Waals surface area contributed by atoms with Gasteiger partial charge in [0.25, 0.3) is 0 Å². The topological polar surface area (TPSA) is 12.0 Å². The van der Waals surface area contributed by atoms with Crippen molar-refractivity contribution in [1.29, 1.82) is 0 Å². The fraction of sp³-hybridized carbons (Fsp3) is 0.333. The first-order valence-electron chi connectivity index (χ1n) is 6.36. The average molecular weight is 342 g/mol. The lowest BCUT2D eigenvalue weighted by atomic mass is 10.2. The molecule has 1 unspecified atom stereocenters. The van der Waals surface area contributed by atoms with E-state index in [-0.39, 0.29) is 11.9 Å². The molecule has 1 N–H and O–H groups in total. The maximum atomic E-state index is 13.2. The van der Waals surface area contributed by atoms with E-state index in [0.29, 0.717) is 6.54 Å². The Kier molecular flexibility index (Phi) is 5.13. The molecule has 2 aromatic rings. The molecule has 0 bridgehead atoms.